The molecule has 2 aromatic carbocycles. The molecule has 4 nitrogen and oxygen atoms in total. The van der Waals surface area contributed by atoms with Crippen molar-refractivity contribution < 1.29 is 28.6 Å². The van der Waals surface area contributed by atoms with Crippen LogP contribution in [0, 0.1) is 19.1 Å². The predicted octanol–water partition coefficient (Wildman–Crippen LogP) is 5.31. The topological polar surface area (TPSA) is 28.1 Å². The van der Waals surface area contributed by atoms with Gasteiger partial charge >= 0.3 is 19.5 Å². The van der Waals surface area contributed by atoms with Gasteiger partial charge in [-0.3, -0.25) is 11.6 Å². The Kier molecular flexibility index (Phi) is 12.4. The second-order valence-corrected chi connectivity index (χ2v) is 7.33. The molecule has 0 aliphatic carbocycles. The molecule has 8 heteroatoms. The molecule has 3 rings (SSSR count). The average molecular weight is 519 g/mol. The molecule has 1 aliphatic rings. The van der Waals surface area contributed by atoms with Crippen molar-refractivity contribution >= 4 is 41.9 Å². The zero-order valence-electron chi connectivity index (χ0n) is 16.6. The van der Waals surface area contributed by atoms with E-state index in [0.717, 1.165) is 30.1 Å². The van der Waals surface area contributed by atoms with Gasteiger partial charge in [-0.05, 0) is 55.9 Å². The first-order valence-corrected chi connectivity index (χ1v) is 10.9. The molecule has 0 aromatic heterocycles. The summed E-state index contributed by atoms with van der Waals surface area (Å²) in [5.74, 6) is 0.454. The number of hydrogen-bond acceptors (Lipinski definition) is 6. The van der Waals surface area contributed by atoms with Gasteiger partial charge in [0.05, 0.1) is 12.8 Å². The fraction of sp³-hybridized carbons (Fsp3) is 0.238. The number of rotatable bonds is 6. The smallest absolute Gasteiger partial charge is 0.497 e. The van der Waals surface area contributed by atoms with Crippen LogP contribution in [0.5, 0.6) is 5.75 Å². The molecule has 2 aromatic rings. The summed E-state index contributed by atoms with van der Waals surface area (Å²) >= 11 is 3.55. The number of benzene rings is 2. The maximum absolute atomic E-state index is 13.0. The molecule has 1 saturated heterocycles. The number of hydrogen-bond donors (Lipinski definition) is 0. The summed E-state index contributed by atoms with van der Waals surface area (Å²) in [4.78, 5) is 4.31. The summed E-state index contributed by atoms with van der Waals surface area (Å²) in [7, 11) is 1.61. The van der Waals surface area contributed by atoms with Gasteiger partial charge in [-0.1, -0.05) is 11.6 Å². The molecule has 0 amide bonds. The van der Waals surface area contributed by atoms with Gasteiger partial charge in [0.2, 0.25) is 0 Å². The Balaban J connectivity index is 0.000000355. The van der Waals surface area contributed by atoms with E-state index in [1.807, 2.05) is 24.3 Å². The second kappa shape index (κ2) is 13.9. The number of ether oxygens (including phenoxy) is 1. The normalized spacial score (nSPS) is 14.2. The van der Waals surface area contributed by atoms with Gasteiger partial charge in [-0.15, -0.1) is 30.0 Å². The molecule has 0 N–H and O–H groups in total. The average Bonchev–Trinajstić information content (AvgIpc) is 3.22. The van der Waals surface area contributed by atoms with Crippen LogP contribution in [-0.2, 0) is 19.5 Å². The van der Waals surface area contributed by atoms with Gasteiger partial charge in [0.25, 0.3) is 0 Å². The molecule has 29 heavy (non-hydrogen) atoms. The predicted molar refractivity (Wildman–Crippen MR) is 120 cm³/mol. The fourth-order valence-electron chi connectivity index (χ4n) is 2.35. The van der Waals surface area contributed by atoms with E-state index in [4.69, 9.17) is 11.3 Å². The van der Waals surface area contributed by atoms with Gasteiger partial charge < -0.3 is 13.3 Å². The van der Waals surface area contributed by atoms with Crippen LogP contribution in [0.3, 0.4) is 0 Å². The number of halogens is 1. The van der Waals surface area contributed by atoms with Crippen molar-refractivity contribution in [1.29, 1.82) is 0 Å². The van der Waals surface area contributed by atoms with Crippen molar-refractivity contribution in [2.24, 2.45) is 4.99 Å². The molecule has 1 aliphatic heterocycles. The van der Waals surface area contributed by atoms with Crippen LogP contribution in [0.25, 0.3) is 6.08 Å². The first-order chi connectivity index (χ1) is 13.6. The van der Waals surface area contributed by atoms with Crippen LogP contribution in [-0.4, -0.2) is 47.5 Å². The van der Waals surface area contributed by atoms with Crippen molar-refractivity contribution in [2.75, 3.05) is 32.7 Å². The maximum atomic E-state index is 13.0. The van der Waals surface area contributed by atoms with Crippen LogP contribution < -0.4 is 4.74 Å². The Hall–Kier alpha value is -1.18. The number of nitrogens with zero attached hydrogens (tertiary/aromatic N) is 3. The van der Waals surface area contributed by atoms with E-state index in [-0.39, 0.29) is 25.3 Å². The zero-order valence-corrected chi connectivity index (χ0v) is 19.9. The Labute approximate surface area is 194 Å². The van der Waals surface area contributed by atoms with Crippen molar-refractivity contribution in [1.82, 2.24) is 8.61 Å². The number of aliphatic imine (C=N–C) groups is 1. The Morgan fingerprint density at radius 2 is 1.69 bits per heavy atom. The summed E-state index contributed by atoms with van der Waals surface area (Å²) in [5.41, 5.74) is 2.16. The Bertz CT molecular complexity index is 780. The third kappa shape index (κ3) is 8.61. The third-order valence-electron chi connectivity index (χ3n) is 3.92. The second-order valence-electron chi connectivity index (χ2n) is 5.66. The molecule has 156 valence electrons. The van der Waals surface area contributed by atoms with E-state index in [1.54, 1.807) is 43.3 Å². The van der Waals surface area contributed by atoms with Crippen LogP contribution in [0.15, 0.2) is 47.5 Å². The van der Waals surface area contributed by atoms with E-state index < -0.39 is 0 Å². The van der Waals surface area contributed by atoms with Gasteiger partial charge in [-0.2, -0.15) is 12.2 Å². The molecule has 0 bridgehead atoms. The molecule has 0 radical (unpaired) electrons. The molecule has 1 heterocycles. The summed E-state index contributed by atoms with van der Waals surface area (Å²) in [6.45, 7) is 9.91. The molecule has 0 spiro atoms. The molecular weight excluding hydrogens is 494 g/mol. The maximum Gasteiger partial charge on any atom is 2.00 e. The van der Waals surface area contributed by atoms with E-state index >= 15 is 0 Å². The Morgan fingerprint density at radius 3 is 2.17 bits per heavy atom. The number of methoxy groups -OCH3 is 1. The summed E-state index contributed by atoms with van der Waals surface area (Å²) in [5, 5.41) is 0. The largest absolute Gasteiger partial charge is 2.00 e. The van der Waals surface area contributed by atoms with Crippen LogP contribution in [0.1, 0.15) is 11.1 Å². The van der Waals surface area contributed by atoms with Crippen molar-refractivity contribution in [3.63, 3.8) is 0 Å². The fourth-order valence-corrected chi connectivity index (χ4v) is 3.36. The molecule has 0 saturated carbocycles. The van der Waals surface area contributed by atoms with E-state index in [9.17, 15) is 4.39 Å². The van der Waals surface area contributed by atoms with Gasteiger partial charge in [-0.25, -0.2) is 10.5 Å². The molecule has 1 fully saturated rings. The van der Waals surface area contributed by atoms with Crippen molar-refractivity contribution in [3.05, 3.63) is 72.7 Å². The monoisotopic (exact) mass is 519 g/mol. The Morgan fingerprint density at radius 1 is 1.07 bits per heavy atom. The van der Waals surface area contributed by atoms with E-state index in [0.29, 0.717) is 5.56 Å². The third-order valence-corrected chi connectivity index (χ3v) is 5.41. The minimum atomic E-state index is -0.321. The van der Waals surface area contributed by atoms with Gasteiger partial charge in [0, 0.05) is 6.21 Å². The zero-order chi connectivity index (χ0) is 20.4. The summed E-state index contributed by atoms with van der Waals surface area (Å²) in [6.07, 6.45) is 7.21. The minimum absolute atomic E-state index is 0. The van der Waals surface area contributed by atoms with Crippen LogP contribution in [0.2, 0.25) is 0 Å². The standard InChI is InChI=1S/C16H13FNO.C5H11N2S2.Ru/c1-3-12-10-14(17)5-4-13(12)11-18-15-6-8-16(19-2)9-7-15;1-8-6-3-4-7(5-6)9-2;/h1,3-11H,2H3;5H,3-4H2,1-2H3;/q2*-1;+2. The first kappa shape index (κ1) is 25.9. The molecule has 0 atom stereocenters. The first-order valence-electron chi connectivity index (χ1n) is 8.58. The van der Waals surface area contributed by atoms with E-state index in [1.165, 1.54) is 18.2 Å². The minimum Gasteiger partial charge on any atom is -0.497 e. The van der Waals surface area contributed by atoms with Gasteiger partial charge in [0.15, 0.2) is 0 Å². The van der Waals surface area contributed by atoms with E-state index in [2.05, 4.69) is 32.8 Å². The quantitative estimate of drug-likeness (QED) is 0.224. The van der Waals surface area contributed by atoms with Crippen LogP contribution in [0.4, 0.5) is 10.1 Å². The van der Waals surface area contributed by atoms with Crippen molar-refractivity contribution in [2.45, 2.75) is 0 Å². The molecular formula is C21H24FN3ORuS2. The summed E-state index contributed by atoms with van der Waals surface area (Å²) < 4.78 is 22.6. The van der Waals surface area contributed by atoms with Crippen LogP contribution >= 0.6 is 23.9 Å². The summed E-state index contributed by atoms with van der Waals surface area (Å²) in [6, 6.07) is 11.7. The van der Waals surface area contributed by atoms with Gasteiger partial charge in [0.1, 0.15) is 11.6 Å². The van der Waals surface area contributed by atoms with Crippen molar-refractivity contribution in [3.8, 4) is 5.75 Å². The molecule has 0 unspecified atom stereocenters. The SMILES string of the molecule is CSN1[CH-]N(SC)CC1.[CH-]=Cc1cc(F)ccc1C=Nc1ccc(OC)cc1.[Ru+2].